The standard InChI is InChI=1S/C11H17N3O.C2H6/c1-11(2,3)9-7-8-10(15)13(4)5-6-14(8)12-9;1-2/h7H,5-6H2,1-4H3;1-2H3. The van der Waals surface area contributed by atoms with E-state index in [9.17, 15) is 4.79 Å². The number of aromatic nitrogens is 2. The van der Waals surface area contributed by atoms with Gasteiger partial charge in [-0.05, 0) is 6.07 Å². The van der Waals surface area contributed by atoms with Crippen molar-refractivity contribution in [1.82, 2.24) is 14.7 Å². The van der Waals surface area contributed by atoms with Gasteiger partial charge in [-0.15, -0.1) is 0 Å². The molecule has 4 heteroatoms. The van der Waals surface area contributed by atoms with Gasteiger partial charge < -0.3 is 4.90 Å². The molecule has 0 atom stereocenters. The Morgan fingerprint density at radius 1 is 1.24 bits per heavy atom. The zero-order valence-corrected chi connectivity index (χ0v) is 11.7. The molecule has 96 valence electrons. The molecule has 0 saturated carbocycles. The lowest BCUT2D eigenvalue weighted by molar-refractivity contribution is 0.0742. The first-order valence-corrected chi connectivity index (χ1v) is 6.23. The summed E-state index contributed by atoms with van der Waals surface area (Å²) < 4.78 is 1.82. The highest BCUT2D eigenvalue weighted by atomic mass is 16.2. The predicted octanol–water partition coefficient (Wildman–Crippen LogP) is 2.29. The summed E-state index contributed by atoms with van der Waals surface area (Å²) in [5.74, 6) is 0.0734. The van der Waals surface area contributed by atoms with E-state index in [0.717, 1.165) is 18.8 Å². The molecule has 1 amide bonds. The van der Waals surface area contributed by atoms with Gasteiger partial charge in [-0.3, -0.25) is 9.48 Å². The highest BCUT2D eigenvalue weighted by molar-refractivity contribution is 5.93. The molecule has 17 heavy (non-hydrogen) atoms. The van der Waals surface area contributed by atoms with Gasteiger partial charge in [-0.1, -0.05) is 34.6 Å². The summed E-state index contributed by atoms with van der Waals surface area (Å²) in [5, 5.41) is 4.48. The lowest BCUT2D eigenvalue weighted by Crippen LogP contribution is -2.37. The van der Waals surface area contributed by atoms with Crippen LogP contribution in [0.4, 0.5) is 0 Å². The van der Waals surface area contributed by atoms with Crippen LogP contribution < -0.4 is 0 Å². The van der Waals surface area contributed by atoms with Crippen LogP contribution in [0.1, 0.15) is 50.8 Å². The number of hydrogen-bond donors (Lipinski definition) is 0. The van der Waals surface area contributed by atoms with Gasteiger partial charge in [-0.2, -0.15) is 5.10 Å². The Morgan fingerprint density at radius 2 is 1.82 bits per heavy atom. The van der Waals surface area contributed by atoms with E-state index in [4.69, 9.17) is 0 Å². The molecule has 2 rings (SSSR count). The number of rotatable bonds is 0. The largest absolute Gasteiger partial charge is 0.339 e. The van der Waals surface area contributed by atoms with Crippen molar-refractivity contribution >= 4 is 5.91 Å². The summed E-state index contributed by atoms with van der Waals surface area (Å²) in [4.78, 5) is 13.6. The summed E-state index contributed by atoms with van der Waals surface area (Å²) >= 11 is 0. The van der Waals surface area contributed by atoms with E-state index in [0.29, 0.717) is 5.69 Å². The monoisotopic (exact) mass is 237 g/mol. The van der Waals surface area contributed by atoms with Crippen LogP contribution in [0.15, 0.2) is 6.07 Å². The zero-order chi connectivity index (χ0) is 13.2. The maximum absolute atomic E-state index is 11.8. The second-order valence-corrected chi connectivity index (χ2v) is 5.11. The molecule has 4 nitrogen and oxygen atoms in total. The van der Waals surface area contributed by atoms with Crippen molar-refractivity contribution in [2.75, 3.05) is 13.6 Å². The molecular formula is C13H23N3O. The second kappa shape index (κ2) is 4.90. The summed E-state index contributed by atoms with van der Waals surface area (Å²) in [7, 11) is 1.83. The summed E-state index contributed by atoms with van der Waals surface area (Å²) in [6.45, 7) is 11.9. The number of nitrogens with zero attached hydrogens (tertiary/aromatic N) is 3. The van der Waals surface area contributed by atoms with Crippen LogP contribution in [0.25, 0.3) is 0 Å². The Hall–Kier alpha value is -1.32. The maximum Gasteiger partial charge on any atom is 0.271 e. The van der Waals surface area contributed by atoms with Gasteiger partial charge >= 0.3 is 0 Å². The first kappa shape index (κ1) is 13.7. The number of carbonyl (C=O) groups is 1. The van der Waals surface area contributed by atoms with E-state index in [-0.39, 0.29) is 11.3 Å². The van der Waals surface area contributed by atoms with Crippen molar-refractivity contribution in [3.63, 3.8) is 0 Å². The Kier molecular flexibility index (Phi) is 3.96. The van der Waals surface area contributed by atoms with Crippen molar-refractivity contribution in [1.29, 1.82) is 0 Å². The van der Waals surface area contributed by atoms with E-state index >= 15 is 0 Å². The number of amides is 1. The van der Waals surface area contributed by atoms with Crippen molar-refractivity contribution in [3.05, 3.63) is 17.5 Å². The van der Waals surface area contributed by atoms with Gasteiger partial charge in [0.2, 0.25) is 0 Å². The average Bonchev–Trinajstić information content (AvgIpc) is 2.71. The minimum Gasteiger partial charge on any atom is -0.339 e. The van der Waals surface area contributed by atoms with Crippen LogP contribution in [0, 0.1) is 0 Å². The molecule has 1 aliphatic rings. The van der Waals surface area contributed by atoms with Crippen LogP contribution in [0.3, 0.4) is 0 Å². The minimum absolute atomic E-state index is 0.00317. The first-order chi connectivity index (χ1) is 7.89. The van der Waals surface area contributed by atoms with Crippen molar-refractivity contribution in [3.8, 4) is 0 Å². The van der Waals surface area contributed by atoms with Gasteiger partial charge in [0.1, 0.15) is 5.69 Å². The highest BCUT2D eigenvalue weighted by Gasteiger charge is 2.27. The minimum atomic E-state index is 0.00317. The lowest BCUT2D eigenvalue weighted by Gasteiger charge is -2.22. The van der Waals surface area contributed by atoms with Crippen LogP contribution in [-0.4, -0.2) is 34.2 Å². The van der Waals surface area contributed by atoms with Gasteiger partial charge in [0.25, 0.3) is 5.91 Å². The molecule has 0 spiro atoms. The Labute approximate surface area is 104 Å². The SMILES string of the molecule is CC.CN1CCn2nc(C(C)(C)C)cc2C1=O. The van der Waals surface area contributed by atoms with Gasteiger partial charge in [0.15, 0.2) is 0 Å². The third-order valence-electron chi connectivity index (χ3n) is 2.76. The Balaban J connectivity index is 0.000000686. The molecule has 0 aliphatic carbocycles. The molecule has 1 aliphatic heterocycles. The molecule has 1 aromatic rings. The van der Waals surface area contributed by atoms with Crippen LogP contribution >= 0.6 is 0 Å². The average molecular weight is 237 g/mol. The van der Waals surface area contributed by atoms with E-state index in [1.807, 2.05) is 31.6 Å². The highest BCUT2D eigenvalue weighted by Crippen LogP contribution is 2.23. The van der Waals surface area contributed by atoms with E-state index in [1.165, 1.54) is 0 Å². The molecule has 2 heterocycles. The predicted molar refractivity (Wildman–Crippen MR) is 69.2 cm³/mol. The Morgan fingerprint density at radius 3 is 2.35 bits per heavy atom. The van der Waals surface area contributed by atoms with E-state index in [1.54, 1.807) is 4.90 Å². The van der Waals surface area contributed by atoms with Crippen molar-refractivity contribution in [2.24, 2.45) is 0 Å². The van der Waals surface area contributed by atoms with Crippen molar-refractivity contribution < 1.29 is 4.79 Å². The van der Waals surface area contributed by atoms with Crippen LogP contribution in [0.5, 0.6) is 0 Å². The smallest absolute Gasteiger partial charge is 0.271 e. The quantitative estimate of drug-likeness (QED) is 0.694. The summed E-state index contributed by atoms with van der Waals surface area (Å²) in [6.07, 6.45) is 0. The molecule has 0 radical (unpaired) electrons. The fourth-order valence-electron chi connectivity index (χ4n) is 1.67. The molecule has 0 aromatic carbocycles. The second-order valence-electron chi connectivity index (χ2n) is 5.11. The molecule has 0 saturated heterocycles. The van der Waals surface area contributed by atoms with E-state index < -0.39 is 0 Å². The topological polar surface area (TPSA) is 38.1 Å². The van der Waals surface area contributed by atoms with Crippen LogP contribution in [-0.2, 0) is 12.0 Å². The van der Waals surface area contributed by atoms with Gasteiger partial charge in [0.05, 0.1) is 12.2 Å². The first-order valence-electron chi connectivity index (χ1n) is 6.23. The number of fused-ring (bicyclic) bond motifs is 1. The summed E-state index contributed by atoms with van der Waals surface area (Å²) in [5.41, 5.74) is 1.71. The third-order valence-corrected chi connectivity index (χ3v) is 2.76. The molecule has 0 fully saturated rings. The Bertz CT molecular complexity index is 401. The molecule has 0 unspecified atom stereocenters. The number of carbonyl (C=O) groups excluding carboxylic acids is 1. The molecule has 0 N–H and O–H groups in total. The normalized spacial score (nSPS) is 15.2. The fourth-order valence-corrected chi connectivity index (χ4v) is 1.67. The lowest BCUT2D eigenvalue weighted by atomic mass is 9.92. The van der Waals surface area contributed by atoms with Gasteiger partial charge in [0, 0.05) is 19.0 Å². The number of hydrogen-bond acceptors (Lipinski definition) is 2. The summed E-state index contributed by atoms with van der Waals surface area (Å²) in [6, 6.07) is 1.91. The zero-order valence-electron chi connectivity index (χ0n) is 11.7. The maximum atomic E-state index is 11.8. The molecular weight excluding hydrogens is 214 g/mol. The third kappa shape index (κ3) is 2.68. The molecule has 1 aromatic heterocycles. The van der Waals surface area contributed by atoms with E-state index in [2.05, 4.69) is 25.9 Å². The van der Waals surface area contributed by atoms with Gasteiger partial charge in [-0.25, -0.2) is 0 Å². The molecule has 0 bridgehead atoms. The van der Waals surface area contributed by atoms with Crippen LogP contribution in [0.2, 0.25) is 0 Å². The fraction of sp³-hybridized carbons (Fsp3) is 0.692. The number of likely N-dealkylation sites (N-methyl/N-ethyl adjacent to an activating group) is 1. The van der Waals surface area contributed by atoms with Crippen molar-refractivity contribution in [2.45, 2.75) is 46.6 Å².